The molecule has 0 bridgehead atoms. The molecule has 0 atom stereocenters. The van der Waals surface area contributed by atoms with E-state index < -0.39 is 0 Å². The van der Waals surface area contributed by atoms with E-state index in [4.69, 9.17) is 4.98 Å². The molecule has 0 aliphatic heterocycles. The molecule has 0 unspecified atom stereocenters. The zero-order valence-electron chi connectivity index (χ0n) is 15.4. The van der Waals surface area contributed by atoms with Gasteiger partial charge in [-0.2, -0.15) is 0 Å². The number of rotatable bonds is 5. The molecule has 3 nitrogen and oxygen atoms in total. The minimum Gasteiger partial charge on any atom is -0.283 e. The normalized spacial score (nSPS) is 11.1. The molecule has 0 saturated carbocycles. The average molecular weight is 390 g/mol. The zero-order chi connectivity index (χ0) is 19.5. The Hall–Kier alpha value is -2.92. The predicted molar refractivity (Wildman–Crippen MR) is 112 cm³/mol. The van der Waals surface area contributed by atoms with E-state index in [1.54, 1.807) is 16.7 Å². The van der Waals surface area contributed by atoms with Crippen molar-refractivity contribution in [2.75, 3.05) is 0 Å². The number of hydrogen-bond acceptors (Lipinski definition) is 3. The number of para-hydroxylation sites is 1. The fourth-order valence-corrected chi connectivity index (χ4v) is 3.96. The van der Waals surface area contributed by atoms with E-state index in [0.29, 0.717) is 28.4 Å². The van der Waals surface area contributed by atoms with Gasteiger partial charge in [-0.15, -0.1) is 0 Å². The Morgan fingerprint density at radius 2 is 1.61 bits per heavy atom. The molecule has 0 amide bonds. The average Bonchev–Trinajstić information content (AvgIpc) is 2.71. The van der Waals surface area contributed by atoms with Crippen molar-refractivity contribution < 1.29 is 4.39 Å². The molecule has 28 heavy (non-hydrogen) atoms. The second-order valence-electron chi connectivity index (χ2n) is 6.70. The molecule has 4 aromatic rings. The number of halogens is 1. The van der Waals surface area contributed by atoms with Crippen molar-refractivity contribution in [1.82, 2.24) is 9.55 Å². The summed E-state index contributed by atoms with van der Waals surface area (Å²) in [7, 11) is 0. The molecule has 0 aliphatic rings. The summed E-state index contributed by atoms with van der Waals surface area (Å²) in [6.07, 6.45) is 0. The van der Waals surface area contributed by atoms with Crippen LogP contribution in [-0.2, 0) is 12.3 Å². The number of aromatic nitrogens is 2. The van der Waals surface area contributed by atoms with Crippen LogP contribution in [0.3, 0.4) is 0 Å². The lowest BCUT2D eigenvalue weighted by atomic mass is 10.1. The van der Waals surface area contributed by atoms with Crippen molar-refractivity contribution in [3.8, 4) is 0 Å². The van der Waals surface area contributed by atoms with Crippen LogP contribution < -0.4 is 5.56 Å². The number of nitrogens with zero attached hydrogens (tertiary/aromatic N) is 2. The van der Waals surface area contributed by atoms with Gasteiger partial charge in [-0.05, 0) is 42.3 Å². The van der Waals surface area contributed by atoms with Gasteiger partial charge in [0.25, 0.3) is 5.56 Å². The number of aryl methyl sites for hydroxylation is 1. The zero-order valence-corrected chi connectivity index (χ0v) is 16.2. The third kappa shape index (κ3) is 3.99. The van der Waals surface area contributed by atoms with Gasteiger partial charge in [-0.1, -0.05) is 65.9 Å². The first-order valence-electron chi connectivity index (χ1n) is 9.02. The SMILES string of the molecule is Cc1ccc(Cn2c(SCc3ccc(F)cc3)nc3ccccc3c2=O)cc1. The highest BCUT2D eigenvalue weighted by Crippen LogP contribution is 2.23. The number of thioether (sulfide) groups is 1. The van der Waals surface area contributed by atoms with Crippen LogP contribution in [0.4, 0.5) is 4.39 Å². The van der Waals surface area contributed by atoms with Crippen LogP contribution in [0.2, 0.25) is 0 Å². The highest BCUT2D eigenvalue weighted by molar-refractivity contribution is 7.98. The van der Waals surface area contributed by atoms with Crippen molar-refractivity contribution in [2.24, 2.45) is 0 Å². The fraction of sp³-hybridized carbons (Fsp3) is 0.130. The Kier molecular flexibility index (Phi) is 5.26. The van der Waals surface area contributed by atoms with Gasteiger partial charge in [-0.25, -0.2) is 9.37 Å². The molecule has 0 saturated heterocycles. The lowest BCUT2D eigenvalue weighted by Crippen LogP contribution is -2.24. The van der Waals surface area contributed by atoms with Crippen molar-refractivity contribution in [2.45, 2.75) is 24.4 Å². The summed E-state index contributed by atoms with van der Waals surface area (Å²) in [5.41, 5.74) is 3.85. The second-order valence-corrected chi connectivity index (χ2v) is 7.65. The minimum atomic E-state index is -0.256. The van der Waals surface area contributed by atoms with Gasteiger partial charge in [0.05, 0.1) is 17.4 Å². The van der Waals surface area contributed by atoms with Crippen molar-refractivity contribution in [1.29, 1.82) is 0 Å². The third-order valence-electron chi connectivity index (χ3n) is 4.57. The van der Waals surface area contributed by atoms with Crippen molar-refractivity contribution in [3.63, 3.8) is 0 Å². The van der Waals surface area contributed by atoms with Crippen molar-refractivity contribution >= 4 is 22.7 Å². The van der Waals surface area contributed by atoms with Gasteiger partial charge in [-0.3, -0.25) is 9.36 Å². The van der Waals surface area contributed by atoms with Crippen LogP contribution in [0.5, 0.6) is 0 Å². The highest BCUT2D eigenvalue weighted by atomic mass is 32.2. The number of hydrogen-bond donors (Lipinski definition) is 0. The molecular formula is C23H19FN2OS. The smallest absolute Gasteiger partial charge is 0.262 e. The quantitative estimate of drug-likeness (QED) is 0.348. The van der Waals surface area contributed by atoms with Crippen LogP contribution in [0.1, 0.15) is 16.7 Å². The van der Waals surface area contributed by atoms with E-state index >= 15 is 0 Å². The van der Waals surface area contributed by atoms with E-state index in [1.165, 1.54) is 29.5 Å². The van der Waals surface area contributed by atoms with Gasteiger partial charge in [0.2, 0.25) is 0 Å². The largest absolute Gasteiger partial charge is 0.283 e. The van der Waals surface area contributed by atoms with E-state index in [0.717, 1.165) is 11.1 Å². The molecule has 140 valence electrons. The van der Waals surface area contributed by atoms with E-state index in [2.05, 4.69) is 0 Å². The molecule has 0 N–H and O–H groups in total. The molecule has 0 fully saturated rings. The number of fused-ring (bicyclic) bond motifs is 1. The van der Waals surface area contributed by atoms with Gasteiger partial charge < -0.3 is 0 Å². The Bertz CT molecular complexity index is 1170. The Labute approximate surface area is 166 Å². The molecule has 0 radical (unpaired) electrons. The lowest BCUT2D eigenvalue weighted by molar-refractivity contribution is 0.627. The maximum Gasteiger partial charge on any atom is 0.262 e. The summed E-state index contributed by atoms with van der Waals surface area (Å²) in [6.45, 7) is 2.50. The van der Waals surface area contributed by atoms with Gasteiger partial charge in [0.1, 0.15) is 5.82 Å². The Morgan fingerprint density at radius 1 is 0.929 bits per heavy atom. The first-order valence-corrected chi connectivity index (χ1v) is 10.0. The fourth-order valence-electron chi connectivity index (χ4n) is 3.00. The van der Waals surface area contributed by atoms with Crippen molar-refractivity contribution in [3.05, 3.63) is 106 Å². The Morgan fingerprint density at radius 3 is 2.36 bits per heavy atom. The van der Waals surface area contributed by atoms with Crippen LogP contribution in [0.25, 0.3) is 10.9 Å². The standard InChI is InChI=1S/C23H19FN2OS/c1-16-6-8-17(9-7-16)14-26-22(27)20-4-2-3-5-21(20)25-23(26)28-15-18-10-12-19(24)13-11-18/h2-13H,14-15H2,1H3. The predicted octanol–water partition coefficient (Wildman–Crippen LogP) is 5.18. The van der Waals surface area contributed by atoms with Gasteiger partial charge in [0.15, 0.2) is 5.16 Å². The number of benzene rings is 3. The summed E-state index contributed by atoms with van der Waals surface area (Å²) in [6, 6.07) is 22.0. The first kappa shape index (κ1) is 18.4. The molecular weight excluding hydrogens is 371 g/mol. The maximum atomic E-state index is 13.1. The molecule has 1 heterocycles. The minimum absolute atomic E-state index is 0.0484. The Balaban J connectivity index is 1.73. The second kappa shape index (κ2) is 7.98. The first-order chi connectivity index (χ1) is 13.6. The topological polar surface area (TPSA) is 34.9 Å². The summed E-state index contributed by atoms with van der Waals surface area (Å²) in [5, 5.41) is 1.27. The van der Waals surface area contributed by atoms with Gasteiger partial charge >= 0.3 is 0 Å². The monoisotopic (exact) mass is 390 g/mol. The summed E-state index contributed by atoms with van der Waals surface area (Å²) >= 11 is 1.49. The van der Waals surface area contributed by atoms with E-state index in [1.807, 2.05) is 55.5 Å². The van der Waals surface area contributed by atoms with E-state index in [-0.39, 0.29) is 11.4 Å². The van der Waals surface area contributed by atoms with Crippen LogP contribution in [0.15, 0.2) is 82.7 Å². The van der Waals surface area contributed by atoms with E-state index in [9.17, 15) is 9.18 Å². The van der Waals surface area contributed by atoms with Crippen LogP contribution in [-0.4, -0.2) is 9.55 Å². The molecule has 1 aromatic heterocycles. The molecule has 4 rings (SSSR count). The molecule has 3 aromatic carbocycles. The van der Waals surface area contributed by atoms with Gasteiger partial charge in [0, 0.05) is 5.75 Å². The summed E-state index contributed by atoms with van der Waals surface area (Å²) in [5.74, 6) is 0.354. The highest BCUT2D eigenvalue weighted by Gasteiger charge is 2.12. The van der Waals surface area contributed by atoms with Crippen LogP contribution >= 0.6 is 11.8 Å². The molecule has 0 spiro atoms. The summed E-state index contributed by atoms with van der Waals surface area (Å²) < 4.78 is 14.9. The third-order valence-corrected chi connectivity index (χ3v) is 5.62. The molecule has 5 heteroatoms. The van der Waals surface area contributed by atoms with Crippen LogP contribution in [0, 0.1) is 12.7 Å². The lowest BCUT2D eigenvalue weighted by Gasteiger charge is -2.13. The summed E-state index contributed by atoms with van der Waals surface area (Å²) in [4.78, 5) is 17.9. The maximum absolute atomic E-state index is 13.1. The molecule has 0 aliphatic carbocycles.